The van der Waals surface area contributed by atoms with Crippen LogP contribution in [0.1, 0.15) is 84.5 Å². The average Bonchev–Trinajstić information content (AvgIpc) is 3.68. The van der Waals surface area contributed by atoms with Gasteiger partial charge < -0.3 is 29.7 Å². The summed E-state index contributed by atoms with van der Waals surface area (Å²) in [4.78, 5) is 0. The van der Waals surface area contributed by atoms with Gasteiger partial charge in [-0.3, -0.25) is 0 Å². The number of rotatable bonds is 9. The molecule has 250 valence electrons. The molecule has 0 saturated heterocycles. The quantitative estimate of drug-likeness (QED) is 0.178. The Morgan fingerprint density at radius 3 is 1.87 bits per heavy atom. The van der Waals surface area contributed by atoms with Crippen molar-refractivity contribution in [1.29, 1.82) is 0 Å². The average molecular weight is 738 g/mol. The van der Waals surface area contributed by atoms with Crippen molar-refractivity contribution in [1.82, 2.24) is 0 Å². The summed E-state index contributed by atoms with van der Waals surface area (Å²) in [5, 5.41) is 3.70. The first kappa shape index (κ1) is 43.0. The topological polar surface area (TPSA) is 0 Å². The predicted octanol–water partition coefficient (Wildman–Crippen LogP) is 10.7. The van der Waals surface area contributed by atoms with Gasteiger partial charge in [0.15, 0.2) is 0 Å². The van der Waals surface area contributed by atoms with E-state index < -0.39 is 24.7 Å². The van der Waals surface area contributed by atoms with E-state index in [9.17, 15) is 0 Å². The Labute approximate surface area is 305 Å². The number of hydrogen-bond donors (Lipinski definition) is 0. The van der Waals surface area contributed by atoms with Gasteiger partial charge in [-0.2, -0.15) is 0 Å². The van der Waals surface area contributed by atoms with Crippen LogP contribution in [0.15, 0.2) is 60.7 Å². The van der Waals surface area contributed by atoms with Gasteiger partial charge >= 0.3 is 26.2 Å². The fourth-order valence-corrected chi connectivity index (χ4v) is 32.3. The molecule has 2 aromatic rings. The Morgan fingerprint density at radius 2 is 1.29 bits per heavy atom. The van der Waals surface area contributed by atoms with E-state index >= 15 is 0 Å². The maximum Gasteiger partial charge on any atom is 4.00 e. The maximum atomic E-state index is 2.75. The molecule has 0 bridgehead atoms. The zero-order valence-corrected chi connectivity index (χ0v) is 36.7. The van der Waals surface area contributed by atoms with Crippen LogP contribution in [0.4, 0.5) is 0 Å². The molecule has 4 fully saturated rings. The van der Waals surface area contributed by atoms with Crippen LogP contribution in [-0.2, 0) is 26.2 Å². The second-order valence-corrected chi connectivity index (χ2v) is 30.9. The van der Waals surface area contributed by atoms with Crippen molar-refractivity contribution in [2.75, 3.05) is 0 Å². The molecule has 0 radical (unpaired) electrons. The van der Waals surface area contributed by atoms with E-state index in [0.717, 1.165) is 52.1 Å². The first-order valence-corrected chi connectivity index (χ1v) is 26.2. The third kappa shape index (κ3) is 8.96. The minimum Gasteiger partial charge on any atom is -0.358 e. The van der Waals surface area contributed by atoms with Crippen LogP contribution in [0, 0.1) is 65.2 Å². The van der Waals surface area contributed by atoms with E-state index in [4.69, 9.17) is 0 Å². The Kier molecular flexibility index (Phi) is 17.8. The molecule has 0 nitrogen and oxygen atoms in total. The van der Waals surface area contributed by atoms with Crippen LogP contribution in [-0.4, -0.2) is 24.7 Å². The Balaban J connectivity index is 0.00000202. The van der Waals surface area contributed by atoms with Gasteiger partial charge in [-0.15, -0.1) is 0 Å². The van der Waals surface area contributed by atoms with Crippen molar-refractivity contribution in [3.63, 3.8) is 0 Å². The van der Waals surface area contributed by atoms with Crippen LogP contribution >= 0.6 is 0 Å². The van der Waals surface area contributed by atoms with Crippen LogP contribution in [0.3, 0.4) is 0 Å². The zero-order valence-electron chi connectivity index (χ0n) is 30.9. The standard InChI is InChI=1S/C37H58Si3.4CH3.Zr/c1-6-7-15-28-22-23-32(25-28)38(30-17-10-8-11-18-30)39(31-19-12-9-13-20-31)36-27(2)24-35-34(36)26-29-16-14-21-33(29)37(35)40(3,4)5;;;;;/h8-13,17-20,27-29,32-39H,6-7,14-16,21-26H2,1-5H3;4*1H3;/q;4*-1;+4. The van der Waals surface area contributed by atoms with Crippen LogP contribution in [0.5, 0.6) is 0 Å². The Bertz CT molecular complexity index is 1080. The Morgan fingerprint density at radius 1 is 0.689 bits per heavy atom. The minimum absolute atomic E-state index is 0. The van der Waals surface area contributed by atoms with E-state index in [1.807, 2.05) is 10.4 Å². The molecule has 0 spiro atoms. The molecule has 4 aliphatic carbocycles. The summed E-state index contributed by atoms with van der Waals surface area (Å²) < 4.78 is 0. The van der Waals surface area contributed by atoms with Gasteiger partial charge in [-0.05, 0) is 65.0 Å². The summed E-state index contributed by atoms with van der Waals surface area (Å²) in [6.45, 7) is 13.4. The molecule has 11 unspecified atom stereocenters. The van der Waals surface area contributed by atoms with E-state index in [1.165, 1.54) is 38.5 Å². The minimum atomic E-state index is -1.21. The normalized spacial score (nSPS) is 33.0. The molecule has 45 heavy (non-hydrogen) atoms. The third-order valence-corrected chi connectivity index (χ3v) is 29.9. The van der Waals surface area contributed by atoms with Crippen molar-refractivity contribution >= 4 is 35.1 Å². The van der Waals surface area contributed by atoms with E-state index in [2.05, 4.69) is 94.2 Å². The molecule has 4 saturated carbocycles. The summed E-state index contributed by atoms with van der Waals surface area (Å²) in [6, 6.07) is 24.6. The molecule has 6 rings (SSSR count). The maximum absolute atomic E-state index is 2.75. The van der Waals surface area contributed by atoms with Gasteiger partial charge in [0.05, 0.1) is 16.6 Å². The molecule has 4 aliphatic rings. The third-order valence-electron chi connectivity index (χ3n) is 12.8. The van der Waals surface area contributed by atoms with Gasteiger partial charge in [0, 0.05) is 8.07 Å². The van der Waals surface area contributed by atoms with Crippen molar-refractivity contribution in [2.45, 2.75) is 121 Å². The monoisotopic (exact) mass is 736 g/mol. The molecular weight excluding hydrogens is 668 g/mol. The van der Waals surface area contributed by atoms with Crippen molar-refractivity contribution < 1.29 is 26.2 Å². The number of benzene rings is 2. The van der Waals surface area contributed by atoms with E-state index in [0.29, 0.717) is 0 Å². The number of unbranched alkanes of at least 4 members (excludes halogenated alkanes) is 1. The van der Waals surface area contributed by atoms with Crippen LogP contribution in [0.25, 0.3) is 0 Å². The molecule has 0 heterocycles. The first-order valence-electron chi connectivity index (χ1n) is 17.5. The number of fused-ring (bicyclic) bond motifs is 2. The molecule has 11 atom stereocenters. The summed E-state index contributed by atoms with van der Waals surface area (Å²) in [5.41, 5.74) is 3.14. The largest absolute Gasteiger partial charge is 4.00 e. The second-order valence-electron chi connectivity index (χ2n) is 16.1. The fraction of sp³-hybridized carbons (Fsp3) is 0.610. The summed E-state index contributed by atoms with van der Waals surface area (Å²) in [6.07, 6.45) is 16.7. The molecule has 0 aromatic heterocycles. The molecule has 0 amide bonds. The predicted molar refractivity (Wildman–Crippen MR) is 210 cm³/mol. The van der Waals surface area contributed by atoms with E-state index in [-0.39, 0.29) is 55.9 Å². The summed E-state index contributed by atoms with van der Waals surface area (Å²) >= 11 is 0. The van der Waals surface area contributed by atoms with Gasteiger partial charge in [0.1, 0.15) is 0 Å². The Hall–Kier alpha value is -0.0262. The molecule has 0 N–H and O–H groups in total. The van der Waals surface area contributed by atoms with Crippen LogP contribution < -0.4 is 10.4 Å². The van der Waals surface area contributed by atoms with Crippen molar-refractivity contribution in [3.8, 4) is 0 Å². The molecule has 2 aromatic carbocycles. The van der Waals surface area contributed by atoms with Gasteiger partial charge in [-0.1, -0.05) is 162 Å². The molecule has 0 aliphatic heterocycles. The number of hydrogen-bond acceptors (Lipinski definition) is 0. The van der Waals surface area contributed by atoms with Gasteiger partial charge in [-0.25, -0.2) is 0 Å². The van der Waals surface area contributed by atoms with Gasteiger partial charge in [0.2, 0.25) is 0 Å². The van der Waals surface area contributed by atoms with E-state index in [1.54, 1.807) is 32.1 Å². The molecule has 4 heteroatoms. The summed E-state index contributed by atoms with van der Waals surface area (Å²) in [7, 11) is -3.58. The summed E-state index contributed by atoms with van der Waals surface area (Å²) in [5.74, 6) is 6.13. The zero-order chi connectivity index (χ0) is 27.9. The van der Waals surface area contributed by atoms with Crippen LogP contribution in [0.2, 0.25) is 36.3 Å². The van der Waals surface area contributed by atoms with Crippen molar-refractivity contribution in [2.24, 2.45) is 35.5 Å². The SMILES string of the molecule is CCCCC1CCC([SiH](c2ccccc2)[SiH](c2ccccc2)C2C(C)CC3C2CC2CCCC2C3[Si](C)(C)C)C1.[CH3-].[CH3-].[CH3-].[CH3-].[Zr+4]. The first-order chi connectivity index (χ1) is 19.4. The second kappa shape index (κ2) is 18.7. The smallest absolute Gasteiger partial charge is 0.358 e. The molecular formula is C41H70Si3Zr. The fourth-order valence-electron chi connectivity index (χ4n) is 11.6. The van der Waals surface area contributed by atoms with Gasteiger partial charge in [0.25, 0.3) is 0 Å². The van der Waals surface area contributed by atoms with Crippen molar-refractivity contribution in [3.05, 3.63) is 90.4 Å².